The Morgan fingerprint density at radius 1 is 1.09 bits per heavy atom. The van der Waals surface area contributed by atoms with Gasteiger partial charge in [0.05, 0.1) is 5.92 Å². The maximum absolute atomic E-state index is 13.4. The summed E-state index contributed by atoms with van der Waals surface area (Å²) >= 11 is 0. The van der Waals surface area contributed by atoms with Crippen molar-refractivity contribution in [2.45, 2.75) is 52.4 Å². The molecular weight excluding hydrogens is 286 g/mol. The average Bonchev–Trinajstić information content (AvgIpc) is 2.68. The van der Waals surface area contributed by atoms with Crippen molar-refractivity contribution in [1.82, 2.24) is 0 Å². The van der Waals surface area contributed by atoms with E-state index in [1.807, 2.05) is 19.2 Å². The molecule has 0 saturated heterocycles. The molecule has 0 aromatic heterocycles. The van der Waals surface area contributed by atoms with Crippen LogP contribution in [0, 0.1) is 16.7 Å². The van der Waals surface area contributed by atoms with E-state index in [0.717, 1.165) is 29.7 Å². The van der Waals surface area contributed by atoms with Gasteiger partial charge in [0.25, 0.3) is 0 Å². The highest BCUT2D eigenvalue weighted by Crippen LogP contribution is 2.62. The Morgan fingerprint density at radius 3 is 2.48 bits per heavy atom. The van der Waals surface area contributed by atoms with Crippen LogP contribution in [0.4, 0.5) is 5.69 Å². The van der Waals surface area contributed by atoms with E-state index in [4.69, 9.17) is 0 Å². The van der Waals surface area contributed by atoms with Crippen LogP contribution in [-0.4, -0.2) is 18.7 Å². The van der Waals surface area contributed by atoms with Gasteiger partial charge >= 0.3 is 0 Å². The van der Waals surface area contributed by atoms with Gasteiger partial charge in [0.2, 0.25) is 5.91 Å². The Balaban J connectivity index is 2.08. The molecule has 0 radical (unpaired) electrons. The number of benzene rings is 1. The van der Waals surface area contributed by atoms with Crippen LogP contribution in [0.3, 0.4) is 0 Å². The number of amides is 1. The fraction of sp³-hybridized carbons (Fsp3) is 0.600. The summed E-state index contributed by atoms with van der Waals surface area (Å²) in [6, 6.07) is 6.12. The van der Waals surface area contributed by atoms with E-state index in [1.54, 1.807) is 4.90 Å². The predicted octanol–water partition coefficient (Wildman–Crippen LogP) is 3.88. The highest BCUT2D eigenvalue weighted by Gasteiger charge is 2.59. The smallest absolute Gasteiger partial charge is 0.234 e. The zero-order valence-electron chi connectivity index (χ0n) is 14.6. The van der Waals surface area contributed by atoms with Crippen molar-refractivity contribution in [3.8, 4) is 0 Å². The molecule has 1 aliphatic heterocycles. The number of carbonyl (C=O) groups is 2. The van der Waals surface area contributed by atoms with Gasteiger partial charge in [0.1, 0.15) is 5.78 Å². The molecule has 1 fully saturated rings. The third kappa shape index (κ3) is 1.66. The number of rotatable bonds is 0. The van der Waals surface area contributed by atoms with Crippen molar-refractivity contribution in [2.24, 2.45) is 16.7 Å². The van der Waals surface area contributed by atoms with E-state index in [-0.39, 0.29) is 34.5 Å². The molecule has 1 aromatic carbocycles. The Bertz CT molecular complexity index is 731. The number of fused-ring (bicyclic) bond motifs is 3. The second-order valence-electron chi connectivity index (χ2n) is 8.85. The SMILES string of the molecule is CN1C(=O)[C@H]2c3c(cccc31)[C@@H]1C(=O)[C@@H](CCC1(C)C)C2(C)C. The number of ketones is 1. The number of hydrogen-bond donors (Lipinski definition) is 0. The Morgan fingerprint density at radius 2 is 1.78 bits per heavy atom. The van der Waals surface area contributed by atoms with Gasteiger partial charge < -0.3 is 4.90 Å². The van der Waals surface area contributed by atoms with Crippen molar-refractivity contribution in [3.05, 3.63) is 29.3 Å². The summed E-state index contributed by atoms with van der Waals surface area (Å²) in [5.41, 5.74) is 2.87. The molecule has 122 valence electrons. The fourth-order valence-corrected chi connectivity index (χ4v) is 5.46. The van der Waals surface area contributed by atoms with Crippen LogP contribution in [0.2, 0.25) is 0 Å². The summed E-state index contributed by atoms with van der Waals surface area (Å²) in [6.45, 7) is 8.66. The highest BCUT2D eigenvalue weighted by atomic mass is 16.2. The van der Waals surface area contributed by atoms with Crippen LogP contribution in [-0.2, 0) is 9.59 Å². The molecule has 4 rings (SSSR count). The fourth-order valence-electron chi connectivity index (χ4n) is 5.46. The van der Waals surface area contributed by atoms with Crippen molar-refractivity contribution in [3.63, 3.8) is 0 Å². The molecule has 2 bridgehead atoms. The van der Waals surface area contributed by atoms with Crippen LogP contribution in [0.1, 0.15) is 63.5 Å². The van der Waals surface area contributed by atoms with Gasteiger partial charge in [0, 0.05) is 24.6 Å². The average molecular weight is 311 g/mol. The van der Waals surface area contributed by atoms with Gasteiger partial charge in [-0.1, -0.05) is 39.8 Å². The summed E-state index contributed by atoms with van der Waals surface area (Å²) in [4.78, 5) is 28.2. The molecule has 3 aliphatic rings. The highest BCUT2D eigenvalue weighted by molar-refractivity contribution is 6.08. The minimum atomic E-state index is -0.324. The number of likely N-dealkylation sites (N-methyl/N-ethyl adjacent to an activating group) is 1. The Hall–Kier alpha value is -1.64. The molecule has 0 unspecified atom stereocenters. The van der Waals surface area contributed by atoms with Crippen LogP contribution in [0.25, 0.3) is 0 Å². The van der Waals surface area contributed by atoms with E-state index in [2.05, 4.69) is 33.8 Å². The monoisotopic (exact) mass is 311 g/mol. The lowest BCUT2D eigenvalue weighted by Crippen LogP contribution is -2.45. The first kappa shape index (κ1) is 14.9. The van der Waals surface area contributed by atoms with E-state index >= 15 is 0 Å². The zero-order valence-corrected chi connectivity index (χ0v) is 14.6. The van der Waals surface area contributed by atoms with Gasteiger partial charge in [0.15, 0.2) is 0 Å². The van der Waals surface area contributed by atoms with Crippen molar-refractivity contribution < 1.29 is 9.59 Å². The summed E-state index contributed by atoms with van der Waals surface area (Å²) in [5, 5.41) is 0. The molecule has 1 aromatic rings. The molecule has 1 amide bonds. The molecule has 1 heterocycles. The van der Waals surface area contributed by atoms with E-state index in [0.29, 0.717) is 5.78 Å². The van der Waals surface area contributed by atoms with Crippen LogP contribution in [0.5, 0.6) is 0 Å². The quantitative estimate of drug-likeness (QED) is 0.729. The molecule has 3 heteroatoms. The second-order valence-corrected chi connectivity index (χ2v) is 8.85. The first-order valence-electron chi connectivity index (χ1n) is 8.62. The normalized spacial score (nSPS) is 33.4. The van der Waals surface area contributed by atoms with Gasteiger partial charge in [-0.05, 0) is 40.9 Å². The summed E-state index contributed by atoms with van der Waals surface area (Å²) in [7, 11) is 1.87. The van der Waals surface area contributed by atoms with Crippen LogP contribution in [0.15, 0.2) is 18.2 Å². The molecule has 0 spiro atoms. The summed E-state index contributed by atoms with van der Waals surface area (Å²) < 4.78 is 0. The predicted molar refractivity (Wildman–Crippen MR) is 90.6 cm³/mol. The van der Waals surface area contributed by atoms with Crippen molar-refractivity contribution in [1.29, 1.82) is 0 Å². The molecular formula is C20H25NO2. The van der Waals surface area contributed by atoms with Gasteiger partial charge in [-0.2, -0.15) is 0 Å². The lowest BCUT2D eigenvalue weighted by molar-refractivity contribution is -0.136. The van der Waals surface area contributed by atoms with E-state index in [1.165, 1.54) is 0 Å². The molecule has 3 nitrogen and oxygen atoms in total. The van der Waals surface area contributed by atoms with E-state index < -0.39 is 0 Å². The summed E-state index contributed by atoms with van der Waals surface area (Å²) in [5.74, 6) is 0.202. The Kier molecular flexibility index (Phi) is 2.76. The Labute approximate surface area is 138 Å². The van der Waals surface area contributed by atoms with Gasteiger partial charge in [-0.15, -0.1) is 0 Å². The van der Waals surface area contributed by atoms with Gasteiger partial charge in [-0.25, -0.2) is 0 Å². The maximum atomic E-state index is 13.4. The largest absolute Gasteiger partial charge is 0.315 e. The molecule has 23 heavy (non-hydrogen) atoms. The topological polar surface area (TPSA) is 37.4 Å². The zero-order chi connectivity index (χ0) is 16.7. The third-order valence-electron chi connectivity index (χ3n) is 6.78. The number of nitrogens with zero attached hydrogens (tertiary/aromatic N) is 1. The van der Waals surface area contributed by atoms with Crippen molar-refractivity contribution in [2.75, 3.05) is 11.9 Å². The number of Topliss-reactive ketones (excluding diaryl/α,β-unsaturated/α-hetero) is 1. The number of carbonyl (C=O) groups excluding carboxylic acids is 2. The van der Waals surface area contributed by atoms with E-state index in [9.17, 15) is 9.59 Å². The minimum Gasteiger partial charge on any atom is -0.315 e. The lowest BCUT2D eigenvalue weighted by atomic mass is 9.58. The van der Waals surface area contributed by atoms with Crippen molar-refractivity contribution >= 4 is 17.4 Å². The first-order chi connectivity index (χ1) is 10.7. The maximum Gasteiger partial charge on any atom is 0.234 e. The van der Waals surface area contributed by atoms with Gasteiger partial charge in [-0.3, -0.25) is 9.59 Å². The molecule has 0 N–H and O–H groups in total. The third-order valence-corrected chi connectivity index (χ3v) is 6.78. The summed E-state index contributed by atoms with van der Waals surface area (Å²) in [6.07, 6.45) is 1.93. The van der Waals surface area contributed by atoms with Crippen LogP contribution >= 0.6 is 0 Å². The number of hydrogen-bond acceptors (Lipinski definition) is 2. The standard InChI is InChI=1S/C20H25NO2/c1-19(2)10-9-12-17(22)15(19)11-7-6-8-13-14(11)16(20(12,3)4)18(23)21(13)5/h6-8,12,15-16H,9-10H2,1-5H3/t12-,15-,16-/m1/s1. The molecule has 2 aliphatic carbocycles. The molecule has 3 atom stereocenters. The first-order valence-corrected chi connectivity index (χ1v) is 8.62. The molecule has 1 saturated carbocycles. The minimum absolute atomic E-state index is 0.0266. The van der Waals surface area contributed by atoms with Crippen LogP contribution < -0.4 is 4.90 Å². The lowest BCUT2D eigenvalue weighted by Gasteiger charge is -2.44. The second kappa shape index (κ2) is 4.25. The number of anilines is 1.